The van der Waals surface area contributed by atoms with E-state index in [4.69, 9.17) is 23.2 Å². The predicted molar refractivity (Wildman–Crippen MR) is 129 cm³/mol. The Kier molecular flexibility index (Phi) is 7.22. The Morgan fingerprint density at radius 2 is 1.90 bits per heavy atom. The third-order valence-electron chi connectivity index (χ3n) is 6.21. The van der Waals surface area contributed by atoms with Crippen molar-refractivity contribution in [1.29, 1.82) is 0 Å². The van der Waals surface area contributed by atoms with Gasteiger partial charge in [0.05, 0.1) is 17.8 Å². The summed E-state index contributed by atoms with van der Waals surface area (Å²) in [6, 6.07) is 3.63. The molecule has 0 radical (unpaired) electrons. The lowest BCUT2D eigenvalue weighted by Gasteiger charge is -2.32. The summed E-state index contributed by atoms with van der Waals surface area (Å²) in [5.41, 5.74) is 0.0681. The second kappa shape index (κ2) is 10.5. The molecule has 1 amide bonds. The van der Waals surface area contributed by atoms with Crippen molar-refractivity contribution in [3.63, 3.8) is 0 Å². The van der Waals surface area contributed by atoms with Gasteiger partial charge in [-0.15, -0.1) is 0 Å². The van der Waals surface area contributed by atoms with Gasteiger partial charge in [0.25, 0.3) is 11.8 Å². The predicted octanol–water partition coefficient (Wildman–Crippen LogP) is 2.99. The van der Waals surface area contributed by atoms with E-state index >= 15 is 0 Å². The molecule has 0 saturated carbocycles. The van der Waals surface area contributed by atoms with E-state index in [0.717, 1.165) is 16.7 Å². The third kappa shape index (κ3) is 5.36. The summed E-state index contributed by atoms with van der Waals surface area (Å²) in [5, 5.41) is 13.2. The van der Waals surface area contributed by atoms with Crippen LogP contribution in [0.2, 0.25) is 10.3 Å². The number of piperidine rings is 1. The highest BCUT2D eigenvalue weighted by molar-refractivity contribution is 6.40. The topological polar surface area (TPSA) is 140 Å². The molecule has 1 aliphatic rings. The van der Waals surface area contributed by atoms with Crippen molar-refractivity contribution in [2.75, 3.05) is 13.1 Å². The van der Waals surface area contributed by atoms with E-state index in [-0.39, 0.29) is 52.8 Å². The van der Waals surface area contributed by atoms with Gasteiger partial charge in [-0.1, -0.05) is 39.6 Å². The van der Waals surface area contributed by atoms with E-state index in [9.17, 15) is 31.9 Å². The van der Waals surface area contributed by atoms with Gasteiger partial charge in [0.15, 0.2) is 16.0 Å². The van der Waals surface area contributed by atoms with Crippen molar-refractivity contribution in [2.45, 2.75) is 31.5 Å². The van der Waals surface area contributed by atoms with Crippen LogP contribution in [0.15, 0.2) is 29.2 Å². The second-order valence-corrected chi connectivity index (χ2v) is 9.48. The summed E-state index contributed by atoms with van der Waals surface area (Å²) in [7, 11) is 0. The number of halogens is 6. The number of aromatic amines is 1. The van der Waals surface area contributed by atoms with Crippen LogP contribution in [0.1, 0.15) is 40.5 Å². The van der Waals surface area contributed by atoms with Crippen LogP contribution in [-0.2, 0) is 11.2 Å². The molecule has 0 atom stereocenters. The molecule has 18 heteroatoms. The molecule has 4 heterocycles. The number of rotatable bonds is 5. The molecular formula is C22H16Cl2F4N8O4. The number of carbonyl (C=O) groups excluding carboxylic acids is 2. The van der Waals surface area contributed by atoms with Crippen molar-refractivity contribution in [1.82, 2.24) is 39.5 Å². The van der Waals surface area contributed by atoms with Crippen LogP contribution >= 0.6 is 23.2 Å². The number of nitrogens with zero attached hydrogens (tertiary/aromatic N) is 7. The molecule has 1 fully saturated rings. The minimum Gasteiger partial charge on any atom is -0.397 e. The highest BCUT2D eigenvalue weighted by atomic mass is 35.5. The molecule has 5 rings (SSSR count). The van der Waals surface area contributed by atoms with Crippen LogP contribution in [0.5, 0.6) is 5.88 Å². The van der Waals surface area contributed by atoms with Crippen LogP contribution in [0.3, 0.4) is 0 Å². The number of imidazole rings is 1. The largest absolute Gasteiger partial charge is 0.491 e. The number of benzene rings is 1. The Balaban J connectivity index is 1.27. The molecule has 1 saturated heterocycles. The van der Waals surface area contributed by atoms with Gasteiger partial charge < -0.3 is 9.64 Å². The molecule has 1 N–H and O–H groups in total. The van der Waals surface area contributed by atoms with E-state index in [1.165, 1.54) is 21.7 Å². The third-order valence-corrected chi connectivity index (χ3v) is 6.91. The number of fused-ring (bicyclic) bond motifs is 1. The first-order chi connectivity index (χ1) is 18.9. The Morgan fingerprint density at radius 3 is 2.60 bits per heavy atom. The van der Waals surface area contributed by atoms with E-state index in [1.807, 2.05) is 0 Å². The zero-order valence-electron chi connectivity index (χ0n) is 20.0. The lowest BCUT2D eigenvalue weighted by atomic mass is 10.0. The normalized spacial score (nSPS) is 14.6. The number of nitrogens with one attached hydrogen (secondary N) is 1. The minimum absolute atomic E-state index is 0.0696. The maximum Gasteiger partial charge on any atom is 0.491 e. The molecule has 0 aliphatic carbocycles. The monoisotopic (exact) mass is 602 g/mol. The van der Waals surface area contributed by atoms with Crippen LogP contribution in [-0.4, -0.2) is 70.6 Å². The number of ether oxygens (including phenoxy) is 1. The number of hydrogen-bond acceptors (Lipinski definition) is 8. The summed E-state index contributed by atoms with van der Waals surface area (Å²) in [6.45, 7) is 0.385. The van der Waals surface area contributed by atoms with Crippen molar-refractivity contribution in [3.8, 4) is 5.88 Å². The maximum absolute atomic E-state index is 14.7. The molecular weight excluding hydrogens is 587 g/mol. The molecule has 0 spiro atoms. The molecule has 3 aromatic heterocycles. The second-order valence-electron chi connectivity index (χ2n) is 8.77. The number of H-pyrrole nitrogens is 1. The number of carbonyl (C=O) groups is 2. The van der Waals surface area contributed by atoms with Crippen molar-refractivity contribution in [2.24, 2.45) is 0 Å². The van der Waals surface area contributed by atoms with Gasteiger partial charge in [0, 0.05) is 19.5 Å². The molecule has 4 aromatic rings. The first-order valence-corrected chi connectivity index (χ1v) is 12.3. The molecule has 12 nitrogen and oxygen atoms in total. The SMILES string of the molecule is O=C(c1cc(Cc2n[nH]c(=O)n3c(Cl)c(Cl)nc23)ccc1F)N1CCC(n2cc(OC(=O)C(F)(F)F)nn2)CC1. The average Bonchev–Trinajstić information content (AvgIpc) is 3.50. The standard InChI is InChI=1S/C22H16Cl2F4N8O4/c23-16-17(24)36-18(29-16)14(30-32-21(36)39)8-10-1-2-13(25)12(7-10)19(37)34-5-3-11(4-6-34)35-9-15(31-33-35)40-20(38)22(26,27)28/h1-2,7,9,11H,3-6,8H2,(H,32,39). The quantitative estimate of drug-likeness (QED) is 0.271. The van der Waals surface area contributed by atoms with Gasteiger partial charge >= 0.3 is 17.8 Å². The van der Waals surface area contributed by atoms with E-state index in [2.05, 4.69) is 30.2 Å². The number of alkyl halides is 3. The lowest BCUT2D eigenvalue weighted by Crippen LogP contribution is -2.39. The molecule has 40 heavy (non-hydrogen) atoms. The van der Waals surface area contributed by atoms with Gasteiger partial charge in [0.1, 0.15) is 11.5 Å². The molecule has 1 aliphatic heterocycles. The zero-order chi connectivity index (χ0) is 28.8. The zero-order valence-corrected chi connectivity index (χ0v) is 21.5. The lowest BCUT2D eigenvalue weighted by molar-refractivity contribution is -0.190. The molecule has 1 aromatic carbocycles. The van der Waals surface area contributed by atoms with E-state index in [0.29, 0.717) is 18.4 Å². The Bertz CT molecular complexity index is 1680. The summed E-state index contributed by atoms with van der Waals surface area (Å²) in [5.74, 6) is -4.33. The van der Waals surface area contributed by atoms with Gasteiger partial charge in [-0.05, 0) is 30.5 Å². The van der Waals surface area contributed by atoms with E-state index < -0.39 is 35.4 Å². The number of esters is 1. The summed E-state index contributed by atoms with van der Waals surface area (Å²) in [4.78, 5) is 41.7. The molecule has 0 bridgehead atoms. The Hall–Kier alpha value is -4.05. The summed E-state index contributed by atoms with van der Waals surface area (Å²) >= 11 is 12.0. The Morgan fingerprint density at radius 1 is 1.18 bits per heavy atom. The van der Waals surface area contributed by atoms with Crippen molar-refractivity contribution < 1.29 is 31.9 Å². The smallest absolute Gasteiger partial charge is 0.397 e. The van der Waals surface area contributed by atoms with Crippen molar-refractivity contribution in [3.05, 3.63) is 67.8 Å². The fourth-order valence-corrected chi connectivity index (χ4v) is 4.63. The van der Waals surface area contributed by atoms with Crippen molar-refractivity contribution >= 4 is 40.7 Å². The van der Waals surface area contributed by atoms with Crippen LogP contribution in [0.4, 0.5) is 17.6 Å². The first-order valence-electron chi connectivity index (χ1n) is 11.5. The first kappa shape index (κ1) is 27.5. The summed E-state index contributed by atoms with van der Waals surface area (Å²) < 4.78 is 58.3. The fourth-order valence-electron chi connectivity index (χ4n) is 4.27. The number of likely N-dealkylation sites (tertiary alicyclic amines) is 1. The minimum atomic E-state index is -5.18. The summed E-state index contributed by atoms with van der Waals surface area (Å²) in [6.07, 6.45) is -3.36. The fraction of sp³-hybridized carbons (Fsp3) is 0.318. The Labute approximate surface area is 230 Å². The maximum atomic E-state index is 14.7. The van der Waals surface area contributed by atoms with Gasteiger partial charge in [-0.2, -0.15) is 18.3 Å². The van der Waals surface area contributed by atoms with E-state index in [1.54, 1.807) is 0 Å². The van der Waals surface area contributed by atoms with Crippen LogP contribution in [0, 0.1) is 5.82 Å². The molecule has 210 valence electrons. The average molecular weight is 603 g/mol. The highest BCUT2D eigenvalue weighted by Crippen LogP contribution is 2.27. The highest BCUT2D eigenvalue weighted by Gasteiger charge is 2.42. The van der Waals surface area contributed by atoms with Gasteiger partial charge in [-0.3, -0.25) is 4.79 Å². The number of amides is 1. The van der Waals surface area contributed by atoms with Gasteiger partial charge in [0.2, 0.25) is 0 Å². The number of aromatic nitrogens is 7. The van der Waals surface area contributed by atoms with Crippen LogP contribution in [0.25, 0.3) is 5.65 Å². The molecule has 0 unspecified atom stereocenters. The van der Waals surface area contributed by atoms with Gasteiger partial charge in [-0.25, -0.2) is 33.1 Å². The van der Waals surface area contributed by atoms with Crippen LogP contribution < -0.4 is 10.4 Å². The number of hydrogen-bond donors (Lipinski definition) is 1.